The number of halogens is 2. The Bertz CT molecular complexity index is 661. The average Bonchev–Trinajstić information content (AvgIpc) is 2.43. The predicted octanol–water partition coefficient (Wildman–Crippen LogP) is 3.29. The third-order valence-electron chi connectivity index (χ3n) is 2.88. The van der Waals surface area contributed by atoms with Crippen molar-refractivity contribution in [1.82, 2.24) is 10.3 Å². The number of hydrogen-bond donors (Lipinski definition) is 2. The van der Waals surface area contributed by atoms with Gasteiger partial charge in [-0.25, -0.2) is 9.37 Å². The lowest BCUT2D eigenvalue weighted by Gasteiger charge is -2.13. The van der Waals surface area contributed by atoms with E-state index in [1.807, 2.05) is 0 Å². The molecule has 0 saturated heterocycles. The number of hydrogen-bond acceptors (Lipinski definition) is 3. The lowest BCUT2D eigenvalue weighted by Crippen LogP contribution is -2.19. The molecule has 0 atom stereocenters. The zero-order chi connectivity index (χ0) is 14.7. The minimum atomic E-state index is -0.323. The van der Waals surface area contributed by atoms with Crippen molar-refractivity contribution in [1.29, 1.82) is 0 Å². The van der Waals surface area contributed by atoms with E-state index in [2.05, 4.69) is 15.6 Å². The van der Waals surface area contributed by atoms with Crippen molar-refractivity contribution in [3.63, 3.8) is 0 Å². The van der Waals surface area contributed by atoms with Gasteiger partial charge >= 0.3 is 0 Å². The number of carbonyl (C=O) groups excluding carboxylic acids is 1. The van der Waals surface area contributed by atoms with Gasteiger partial charge in [0, 0.05) is 24.5 Å². The summed E-state index contributed by atoms with van der Waals surface area (Å²) in [7, 11) is 1.52. The molecule has 0 bridgehead atoms. The Morgan fingerprint density at radius 3 is 2.80 bits per heavy atom. The first kappa shape index (κ1) is 14.3. The molecule has 0 fully saturated rings. The molecule has 1 amide bonds. The standard InChI is InChI=1S/C14H13ClFN3O/c1-8-10(16)4-3-5-11(8)19-12-6-13(15)18-7-9(12)14(20)17-2/h3-7H,1-2H3,(H,17,20)(H,18,19). The summed E-state index contributed by atoms with van der Waals surface area (Å²) < 4.78 is 13.5. The van der Waals surface area contributed by atoms with Gasteiger partial charge in [0.1, 0.15) is 11.0 Å². The summed E-state index contributed by atoms with van der Waals surface area (Å²) in [5.74, 6) is -0.623. The van der Waals surface area contributed by atoms with Crippen molar-refractivity contribution in [3.8, 4) is 0 Å². The van der Waals surface area contributed by atoms with Crippen LogP contribution < -0.4 is 10.6 Å². The number of benzene rings is 1. The Kier molecular flexibility index (Phi) is 4.20. The summed E-state index contributed by atoms with van der Waals surface area (Å²) in [5, 5.41) is 5.77. The molecule has 104 valence electrons. The lowest BCUT2D eigenvalue weighted by molar-refractivity contribution is 0.0963. The number of nitrogens with one attached hydrogen (secondary N) is 2. The van der Waals surface area contributed by atoms with E-state index >= 15 is 0 Å². The Labute approximate surface area is 121 Å². The molecule has 6 heteroatoms. The van der Waals surface area contributed by atoms with E-state index in [1.165, 1.54) is 25.4 Å². The highest BCUT2D eigenvalue weighted by molar-refractivity contribution is 6.29. The second-order valence-electron chi connectivity index (χ2n) is 4.17. The molecule has 2 rings (SSSR count). The minimum Gasteiger partial charge on any atom is -0.355 e. The maximum Gasteiger partial charge on any atom is 0.254 e. The Morgan fingerprint density at radius 1 is 1.35 bits per heavy atom. The molecule has 1 aromatic carbocycles. The highest BCUT2D eigenvalue weighted by Crippen LogP contribution is 2.26. The summed E-state index contributed by atoms with van der Waals surface area (Å²) in [6.45, 7) is 1.65. The molecule has 0 aliphatic rings. The minimum absolute atomic E-state index is 0.245. The predicted molar refractivity (Wildman–Crippen MR) is 77.1 cm³/mol. The highest BCUT2D eigenvalue weighted by atomic mass is 35.5. The van der Waals surface area contributed by atoms with Gasteiger partial charge in [-0.2, -0.15) is 0 Å². The van der Waals surface area contributed by atoms with Gasteiger partial charge < -0.3 is 10.6 Å². The SMILES string of the molecule is CNC(=O)c1cnc(Cl)cc1Nc1cccc(F)c1C. The maximum atomic E-state index is 13.5. The molecule has 0 saturated carbocycles. The first-order chi connectivity index (χ1) is 9.52. The second-order valence-corrected chi connectivity index (χ2v) is 4.56. The molecule has 0 aliphatic heterocycles. The number of aromatic nitrogens is 1. The molecule has 1 aromatic heterocycles. The molecule has 1 heterocycles. The van der Waals surface area contributed by atoms with Crippen molar-refractivity contribution < 1.29 is 9.18 Å². The van der Waals surface area contributed by atoms with Gasteiger partial charge in [-0.3, -0.25) is 4.79 Å². The number of anilines is 2. The van der Waals surface area contributed by atoms with Crippen LogP contribution in [0.1, 0.15) is 15.9 Å². The molecule has 2 N–H and O–H groups in total. The summed E-state index contributed by atoms with van der Waals surface area (Å²) in [4.78, 5) is 15.7. The zero-order valence-electron chi connectivity index (χ0n) is 11.0. The van der Waals surface area contributed by atoms with E-state index in [0.717, 1.165) is 0 Å². The number of carbonyl (C=O) groups is 1. The molecule has 0 aliphatic carbocycles. The lowest BCUT2D eigenvalue weighted by atomic mass is 10.1. The van der Waals surface area contributed by atoms with Crippen molar-refractivity contribution in [2.24, 2.45) is 0 Å². The van der Waals surface area contributed by atoms with Gasteiger partial charge in [-0.15, -0.1) is 0 Å². The number of rotatable bonds is 3. The van der Waals surface area contributed by atoms with Gasteiger partial charge in [0.15, 0.2) is 0 Å². The normalized spacial score (nSPS) is 10.2. The van der Waals surface area contributed by atoms with Crippen LogP contribution in [0.2, 0.25) is 5.15 Å². The van der Waals surface area contributed by atoms with E-state index < -0.39 is 0 Å². The zero-order valence-corrected chi connectivity index (χ0v) is 11.8. The quantitative estimate of drug-likeness (QED) is 0.854. The van der Waals surface area contributed by atoms with E-state index in [-0.39, 0.29) is 16.9 Å². The van der Waals surface area contributed by atoms with Gasteiger partial charge in [-0.05, 0) is 25.1 Å². The van der Waals surface area contributed by atoms with E-state index in [9.17, 15) is 9.18 Å². The van der Waals surface area contributed by atoms with Crippen LogP contribution in [0.5, 0.6) is 0 Å². The van der Waals surface area contributed by atoms with Gasteiger partial charge in [0.25, 0.3) is 5.91 Å². The van der Waals surface area contributed by atoms with Crippen LogP contribution >= 0.6 is 11.6 Å². The van der Waals surface area contributed by atoms with Crippen LogP contribution in [0, 0.1) is 12.7 Å². The number of amides is 1. The highest BCUT2D eigenvalue weighted by Gasteiger charge is 2.13. The Balaban J connectivity index is 2.44. The van der Waals surface area contributed by atoms with Crippen molar-refractivity contribution in [3.05, 3.63) is 52.6 Å². The molecule has 0 unspecified atom stereocenters. The molecule has 20 heavy (non-hydrogen) atoms. The third-order valence-corrected chi connectivity index (χ3v) is 3.09. The van der Waals surface area contributed by atoms with Crippen molar-refractivity contribution >= 4 is 28.9 Å². The topological polar surface area (TPSA) is 54.0 Å². The van der Waals surface area contributed by atoms with E-state index in [1.54, 1.807) is 19.1 Å². The van der Waals surface area contributed by atoms with E-state index in [0.29, 0.717) is 22.5 Å². The van der Waals surface area contributed by atoms with Crippen LogP contribution in [-0.2, 0) is 0 Å². The molecule has 0 radical (unpaired) electrons. The van der Waals surface area contributed by atoms with Crippen LogP contribution in [-0.4, -0.2) is 17.9 Å². The third kappa shape index (κ3) is 2.88. The largest absolute Gasteiger partial charge is 0.355 e. The van der Waals surface area contributed by atoms with Crippen molar-refractivity contribution in [2.75, 3.05) is 12.4 Å². The summed E-state index contributed by atoms with van der Waals surface area (Å²) in [6, 6.07) is 6.21. The fraction of sp³-hybridized carbons (Fsp3) is 0.143. The fourth-order valence-electron chi connectivity index (χ4n) is 1.74. The van der Waals surface area contributed by atoms with Crippen LogP contribution in [0.3, 0.4) is 0 Å². The Hall–Kier alpha value is -2.14. The number of pyridine rings is 1. The van der Waals surface area contributed by atoms with Crippen LogP contribution in [0.25, 0.3) is 0 Å². The number of nitrogens with zero attached hydrogens (tertiary/aromatic N) is 1. The first-order valence-corrected chi connectivity index (χ1v) is 6.30. The average molecular weight is 294 g/mol. The molecular formula is C14H13ClFN3O. The second kappa shape index (κ2) is 5.88. The molecule has 0 spiro atoms. The van der Waals surface area contributed by atoms with Gasteiger partial charge in [0.05, 0.1) is 11.3 Å². The first-order valence-electron chi connectivity index (χ1n) is 5.92. The maximum absolute atomic E-state index is 13.5. The molecule has 2 aromatic rings. The van der Waals surface area contributed by atoms with Gasteiger partial charge in [-0.1, -0.05) is 17.7 Å². The van der Waals surface area contributed by atoms with Crippen LogP contribution in [0.15, 0.2) is 30.5 Å². The smallest absolute Gasteiger partial charge is 0.254 e. The summed E-state index contributed by atoms with van der Waals surface area (Å²) in [6.07, 6.45) is 1.37. The monoisotopic (exact) mass is 293 g/mol. The molecule has 4 nitrogen and oxygen atoms in total. The Morgan fingerprint density at radius 2 is 2.10 bits per heavy atom. The van der Waals surface area contributed by atoms with Crippen molar-refractivity contribution in [2.45, 2.75) is 6.92 Å². The van der Waals surface area contributed by atoms with Crippen LogP contribution in [0.4, 0.5) is 15.8 Å². The van der Waals surface area contributed by atoms with E-state index in [4.69, 9.17) is 11.6 Å². The summed E-state index contributed by atoms with van der Waals surface area (Å²) in [5.41, 5.74) is 1.83. The molecular weight excluding hydrogens is 281 g/mol. The summed E-state index contributed by atoms with van der Waals surface area (Å²) >= 11 is 5.85. The fourth-order valence-corrected chi connectivity index (χ4v) is 1.89. The van der Waals surface area contributed by atoms with Gasteiger partial charge in [0.2, 0.25) is 0 Å².